The van der Waals surface area contributed by atoms with E-state index >= 15 is 0 Å². The first-order valence-electron chi connectivity index (χ1n) is 8.28. The first-order chi connectivity index (χ1) is 11.7. The Balaban J connectivity index is 1.55. The molecule has 124 valence electrons. The van der Waals surface area contributed by atoms with Crippen molar-refractivity contribution < 1.29 is 0 Å². The summed E-state index contributed by atoms with van der Waals surface area (Å²) >= 11 is 0. The number of nitrogens with zero attached hydrogens (tertiary/aromatic N) is 3. The number of likely N-dealkylation sites (tertiary alicyclic amines) is 1. The zero-order valence-corrected chi connectivity index (χ0v) is 13.4. The number of hydrogen-bond acceptors (Lipinski definition) is 4. The van der Waals surface area contributed by atoms with Crippen LogP contribution in [0.25, 0.3) is 5.65 Å². The second-order valence-electron chi connectivity index (χ2n) is 6.45. The number of benzene rings is 1. The van der Waals surface area contributed by atoms with Crippen LogP contribution in [0.3, 0.4) is 0 Å². The van der Waals surface area contributed by atoms with E-state index in [1.54, 1.807) is 12.3 Å². The molecule has 2 aromatic heterocycles. The van der Waals surface area contributed by atoms with Crippen molar-refractivity contribution in [2.24, 2.45) is 11.7 Å². The largest absolute Gasteiger partial charge is 0.330 e. The van der Waals surface area contributed by atoms with Crippen molar-refractivity contribution in [3.05, 3.63) is 70.3 Å². The molecule has 4 rings (SSSR count). The summed E-state index contributed by atoms with van der Waals surface area (Å²) in [7, 11) is 0. The molecule has 0 bridgehead atoms. The molecule has 2 atom stereocenters. The Labute approximate surface area is 139 Å². The highest BCUT2D eigenvalue weighted by molar-refractivity contribution is 5.36. The SMILES string of the molecule is NC[C@@H]1CN(Cc2cc(=O)n3[nH]ccc3n2)C[C@H]1c1ccccc1. The number of rotatable bonds is 4. The minimum absolute atomic E-state index is 0.0748. The molecule has 0 spiro atoms. The average Bonchev–Trinajstić information content (AvgIpc) is 3.22. The third-order valence-electron chi connectivity index (χ3n) is 4.87. The molecule has 3 heterocycles. The monoisotopic (exact) mass is 323 g/mol. The molecule has 24 heavy (non-hydrogen) atoms. The smallest absolute Gasteiger partial charge is 0.272 e. The molecule has 6 heteroatoms. The molecule has 3 N–H and O–H groups in total. The highest BCUT2D eigenvalue weighted by Gasteiger charge is 2.32. The summed E-state index contributed by atoms with van der Waals surface area (Å²) in [5, 5.41) is 2.86. The van der Waals surface area contributed by atoms with Gasteiger partial charge in [0.15, 0.2) is 5.65 Å². The summed E-state index contributed by atoms with van der Waals surface area (Å²) in [6.45, 7) is 3.23. The molecule has 1 fully saturated rings. The topological polar surface area (TPSA) is 79.4 Å². The number of aromatic amines is 1. The van der Waals surface area contributed by atoms with Gasteiger partial charge < -0.3 is 5.73 Å². The van der Waals surface area contributed by atoms with Crippen molar-refractivity contribution in [2.75, 3.05) is 19.6 Å². The Hall–Kier alpha value is -2.44. The maximum absolute atomic E-state index is 12.1. The molecule has 0 aliphatic carbocycles. The first kappa shape index (κ1) is 15.1. The second kappa shape index (κ2) is 6.22. The van der Waals surface area contributed by atoms with Crippen molar-refractivity contribution >= 4 is 5.65 Å². The zero-order chi connectivity index (χ0) is 16.5. The average molecular weight is 323 g/mol. The molecule has 6 nitrogen and oxygen atoms in total. The standard InChI is InChI=1S/C18H21N5O/c19-9-14-10-22(12-16(14)13-4-2-1-3-5-13)11-15-8-18(24)23-17(21-15)6-7-20-23/h1-8,14,16,20H,9-12,19H2/t14-,16+/m1/s1. The Kier molecular flexibility index (Phi) is 3.92. The van der Waals surface area contributed by atoms with E-state index in [9.17, 15) is 4.79 Å². The van der Waals surface area contributed by atoms with E-state index in [0.29, 0.717) is 30.6 Å². The fourth-order valence-corrected chi connectivity index (χ4v) is 3.69. The molecule has 0 amide bonds. The summed E-state index contributed by atoms with van der Waals surface area (Å²) in [6.07, 6.45) is 1.72. The molecule has 1 aromatic carbocycles. The summed E-state index contributed by atoms with van der Waals surface area (Å²) in [5.41, 5.74) is 8.73. The maximum Gasteiger partial charge on any atom is 0.272 e. The van der Waals surface area contributed by atoms with E-state index in [0.717, 1.165) is 18.8 Å². The van der Waals surface area contributed by atoms with E-state index in [1.165, 1.54) is 10.1 Å². The van der Waals surface area contributed by atoms with E-state index in [-0.39, 0.29) is 5.56 Å². The van der Waals surface area contributed by atoms with Crippen molar-refractivity contribution in [3.8, 4) is 0 Å². The lowest BCUT2D eigenvalue weighted by molar-refractivity contribution is 0.313. The van der Waals surface area contributed by atoms with Gasteiger partial charge in [0, 0.05) is 43.9 Å². The van der Waals surface area contributed by atoms with Crippen molar-refractivity contribution in [3.63, 3.8) is 0 Å². The highest BCUT2D eigenvalue weighted by Crippen LogP contribution is 2.32. The summed E-state index contributed by atoms with van der Waals surface area (Å²) in [6, 6.07) is 14.0. The first-order valence-corrected chi connectivity index (χ1v) is 8.28. The van der Waals surface area contributed by atoms with Gasteiger partial charge >= 0.3 is 0 Å². The molecule has 0 radical (unpaired) electrons. The van der Waals surface area contributed by atoms with Crippen molar-refractivity contribution in [1.29, 1.82) is 0 Å². The number of hydrogen-bond donors (Lipinski definition) is 2. The van der Waals surface area contributed by atoms with Gasteiger partial charge in [-0.15, -0.1) is 0 Å². The molecule has 0 unspecified atom stereocenters. The van der Waals surface area contributed by atoms with Crippen LogP contribution in [0.4, 0.5) is 0 Å². The minimum Gasteiger partial charge on any atom is -0.330 e. The molecule has 1 aliphatic heterocycles. The van der Waals surface area contributed by atoms with Crippen LogP contribution in [0, 0.1) is 5.92 Å². The van der Waals surface area contributed by atoms with Crippen LogP contribution in [0.1, 0.15) is 17.2 Å². The Morgan fingerprint density at radius 1 is 1.21 bits per heavy atom. The molecule has 3 aromatic rings. The number of fused-ring (bicyclic) bond motifs is 1. The van der Waals surface area contributed by atoms with E-state index in [2.05, 4.69) is 39.2 Å². The fraction of sp³-hybridized carbons (Fsp3) is 0.333. The van der Waals surface area contributed by atoms with Crippen molar-refractivity contribution in [2.45, 2.75) is 12.5 Å². The van der Waals surface area contributed by atoms with Crippen LogP contribution >= 0.6 is 0 Å². The van der Waals surface area contributed by atoms with E-state index in [4.69, 9.17) is 5.73 Å². The predicted octanol–water partition coefficient (Wildman–Crippen LogP) is 1.20. The number of H-pyrrole nitrogens is 1. The quantitative estimate of drug-likeness (QED) is 0.756. The third-order valence-corrected chi connectivity index (χ3v) is 4.87. The maximum atomic E-state index is 12.1. The van der Waals surface area contributed by atoms with Gasteiger partial charge in [-0.25, -0.2) is 9.50 Å². The minimum atomic E-state index is -0.0748. The van der Waals surface area contributed by atoms with Gasteiger partial charge in [0.2, 0.25) is 0 Å². The summed E-state index contributed by atoms with van der Waals surface area (Å²) < 4.78 is 1.45. The normalized spacial score (nSPS) is 21.5. The molecule has 1 aliphatic rings. The second-order valence-corrected chi connectivity index (χ2v) is 6.45. The van der Waals surface area contributed by atoms with Gasteiger partial charge in [0.25, 0.3) is 5.56 Å². The van der Waals surface area contributed by atoms with Gasteiger partial charge in [-0.05, 0) is 18.0 Å². The Bertz CT molecular complexity index is 885. The summed E-state index contributed by atoms with van der Waals surface area (Å²) in [4.78, 5) is 19.0. The molecular weight excluding hydrogens is 302 g/mol. The highest BCUT2D eigenvalue weighted by atomic mass is 16.1. The third kappa shape index (κ3) is 2.74. The Morgan fingerprint density at radius 3 is 2.83 bits per heavy atom. The molecule has 0 saturated carbocycles. The van der Waals surface area contributed by atoms with Crippen LogP contribution in [-0.2, 0) is 6.54 Å². The van der Waals surface area contributed by atoms with Crippen LogP contribution in [-0.4, -0.2) is 39.1 Å². The van der Waals surface area contributed by atoms with Crippen LogP contribution in [0.2, 0.25) is 0 Å². The van der Waals surface area contributed by atoms with Crippen molar-refractivity contribution in [1.82, 2.24) is 19.5 Å². The lowest BCUT2D eigenvalue weighted by atomic mass is 9.89. The fourth-order valence-electron chi connectivity index (χ4n) is 3.69. The van der Waals surface area contributed by atoms with Gasteiger partial charge in [0.1, 0.15) is 0 Å². The van der Waals surface area contributed by atoms with Crippen LogP contribution < -0.4 is 11.3 Å². The van der Waals surface area contributed by atoms with E-state index in [1.807, 2.05) is 12.1 Å². The Morgan fingerprint density at radius 2 is 2.04 bits per heavy atom. The molecule has 1 saturated heterocycles. The van der Waals surface area contributed by atoms with Gasteiger partial charge in [-0.2, -0.15) is 0 Å². The van der Waals surface area contributed by atoms with Crippen LogP contribution in [0.5, 0.6) is 0 Å². The number of nitrogens with one attached hydrogen (secondary N) is 1. The lowest BCUT2D eigenvalue weighted by Gasteiger charge is -2.16. The molecular formula is C18H21N5O. The van der Waals surface area contributed by atoms with Gasteiger partial charge in [0.05, 0.1) is 5.69 Å². The summed E-state index contributed by atoms with van der Waals surface area (Å²) in [5.74, 6) is 0.873. The van der Waals surface area contributed by atoms with Gasteiger partial charge in [-0.1, -0.05) is 30.3 Å². The number of aromatic nitrogens is 3. The lowest BCUT2D eigenvalue weighted by Crippen LogP contribution is -2.25. The van der Waals surface area contributed by atoms with E-state index < -0.39 is 0 Å². The number of nitrogens with two attached hydrogens (primary N) is 1. The predicted molar refractivity (Wildman–Crippen MR) is 92.8 cm³/mol. The zero-order valence-electron chi connectivity index (χ0n) is 13.4. The van der Waals surface area contributed by atoms with Crippen LogP contribution in [0.15, 0.2) is 53.5 Å². The van der Waals surface area contributed by atoms with Gasteiger partial charge in [-0.3, -0.25) is 14.8 Å².